The number of nitrogens with zero attached hydrogens (tertiary/aromatic N) is 2. The molecule has 1 saturated carbocycles. The first-order chi connectivity index (χ1) is 14.0. The number of carbonyl (C=O) groups excluding carboxylic acids is 1. The minimum atomic E-state index is -0.266. The van der Waals surface area contributed by atoms with Gasteiger partial charge in [0.05, 0.1) is 22.9 Å². The lowest BCUT2D eigenvalue weighted by Crippen LogP contribution is -2.71. The van der Waals surface area contributed by atoms with Gasteiger partial charge in [-0.25, -0.2) is 0 Å². The molecule has 5 fully saturated rings. The van der Waals surface area contributed by atoms with Gasteiger partial charge in [0.1, 0.15) is 6.10 Å². The standard InChI is InChI=1S/C23H28N2O4/c1-11-18(22(27-3)28-4)13-9-16-20-23(14-7-5-6-8-15(14)24-20)10-17(25(11)16)19(13)21(23)29-12(2)26/h5-8,11,13,16-19,21-22H,9-10H2,1-4H3/t11-,13-,16-,17-,18-,19-,21+,23+/m0/s1. The molecular weight excluding hydrogens is 368 g/mol. The van der Waals surface area contributed by atoms with Gasteiger partial charge in [0, 0.05) is 45.1 Å². The highest BCUT2D eigenvalue weighted by Crippen LogP contribution is 2.67. The van der Waals surface area contributed by atoms with Crippen molar-refractivity contribution in [3.63, 3.8) is 0 Å². The van der Waals surface area contributed by atoms with Crippen LogP contribution in [0.3, 0.4) is 0 Å². The molecule has 154 valence electrons. The summed E-state index contributed by atoms with van der Waals surface area (Å²) in [4.78, 5) is 20.1. The van der Waals surface area contributed by atoms with E-state index in [4.69, 9.17) is 19.2 Å². The number of para-hydroxylation sites is 1. The van der Waals surface area contributed by atoms with Crippen molar-refractivity contribution in [2.24, 2.45) is 22.7 Å². The quantitative estimate of drug-likeness (QED) is 0.579. The van der Waals surface area contributed by atoms with E-state index in [0.717, 1.165) is 18.5 Å². The molecular formula is C23H28N2O4. The minimum Gasteiger partial charge on any atom is -0.461 e. The number of aliphatic imine (C=N–C) groups is 1. The van der Waals surface area contributed by atoms with E-state index in [2.05, 4.69) is 36.1 Å². The smallest absolute Gasteiger partial charge is 0.302 e. The van der Waals surface area contributed by atoms with Crippen LogP contribution in [-0.2, 0) is 24.4 Å². The zero-order chi connectivity index (χ0) is 20.1. The maximum absolute atomic E-state index is 12.2. The van der Waals surface area contributed by atoms with Crippen molar-refractivity contribution < 1.29 is 19.0 Å². The summed E-state index contributed by atoms with van der Waals surface area (Å²) in [6, 6.07) is 9.50. The number of benzene rings is 1. The summed E-state index contributed by atoms with van der Waals surface area (Å²) >= 11 is 0. The van der Waals surface area contributed by atoms with E-state index in [1.54, 1.807) is 14.2 Å². The third-order valence-corrected chi connectivity index (χ3v) is 8.54. The molecule has 5 heterocycles. The second-order valence-corrected chi connectivity index (χ2v) is 9.38. The van der Waals surface area contributed by atoms with Gasteiger partial charge in [-0.15, -0.1) is 0 Å². The Labute approximate surface area is 171 Å². The largest absolute Gasteiger partial charge is 0.461 e. The maximum Gasteiger partial charge on any atom is 0.302 e. The average Bonchev–Trinajstić information content (AvgIpc) is 3.17. The van der Waals surface area contributed by atoms with Gasteiger partial charge in [-0.1, -0.05) is 18.2 Å². The monoisotopic (exact) mass is 396 g/mol. The number of rotatable bonds is 4. The van der Waals surface area contributed by atoms with Crippen molar-refractivity contribution in [3.8, 4) is 0 Å². The zero-order valence-corrected chi connectivity index (χ0v) is 17.4. The predicted octanol–water partition coefficient (Wildman–Crippen LogP) is 2.67. The van der Waals surface area contributed by atoms with Crippen LogP contribution in [0.5, 0.6) is 0 Å². The molecule has 0 N–H and O–H groups in total. The highest BCUT2D eigenvalue weighted by atomic mass is 16.7. The van der Waals surface area contributed by atoms with Crippen LogP contribution in [0.25, 0.3) is 0 Å². The number of fused-ring (bicyclic) bond motifs is 2. The number of hydrogen-bond donors (Lipinski definition) is 0. The summed E-state index contributed by atoms with van der Waals surface area (Å²) in [5, 5.41) is 0. The molecule has 1 unspecified atom stereocenters. The van der Waals surface area contributed by atoms with E-state index in [0.29, 0.717) is 24.0 Å². The minimum absolute atomic E-state index is 0.170. The van der Waals surface area contributed by atoms with Gasteiger partial charge in [0.25, 0.3) is 0 Å². The third-order valence-electron chi connectivity index (χ3n) is 8.54. The molecule has 6 heteroatoms. The van der Waals surface area contributed by atoms with Crippen molar-refractivity contribution >= 4 is 17.4 Å². The molecule has 6 aliphatic rings. The average molecular weight is 396 g/mol. The van der Waals surface area contributed by atoms with Gasteiger partial charge in [0.2, 0.25) is 0 Å². The van der Waals surface area contributed by atoms with Gasteiger partial charge in [0.15, 0.2) is 6.29 Å². The van der Waals surface area contributed by atoms with Crippen LogP contribution in [0.2, 0.25) is 0 Å². The number of ether oxygens (including phenoxy) is 3. The summed E-state index contributed by atoms with van der Waals surface area (Å²) in [7, 11) is 3.45. The normalized spacial score (nSPS) is 45.3. The number of methoxy groups -OCH3 is 2. The van der Waals surface area contributed by atoms with Crippen molar-refractivity contribution in [1.29, 1.82) is 0 Å². The van der Waals surface area contributed by atoms with Gasteiger partial charge < -0.3 is 14.2 Å². The molecule has 4 saturated heterocycles. The van der Waals surface area contributed by atoms with Gasteiger partial charge in [-0.05, 0) is 37.3 Å². The number of piperidine rings is 4. The summed E-state index contributed by atoms with van der Waals surface area (Å²) in [6.07, 6.45) is 1.60. The fourth-order valence-electron chi connectivity index (χ4n) is 7.90. The molecule has 1 aromatic rings. The van der Waals surface area contributed by atoms with Crippen LogP contribution in [0.1, 0.15) is 32.3 Å². The first-order valence-electron chi connectivity index (χ1n) is 10.7. The second kappa shape index (κ2) is 5.90. The molecule has 0 radical (unpaired) electrons. The highest BCUT2D eigenvalue weighted by Gasteiger charge is 2.75. The van der Waals surface area contributed by atoms with Crippen molar-refractivity contribution in [3.05, 3.63) is 29.8 Å². The van der Waals surface area contributed by atoms with Gasteiger partial charge in [-0.2, -0.15) is 0 Å². The van der Waals surface area contributed by atoms with Crippen molar-refractivity contribution in [1.82, 2.24) is 4.90 Å². The fourth-order valence-corrected chi connectivity index (χ4v) is 7.90. The van der Waals surface area contributed by atoms with Crippen molar-refractivity contribution in [2.45, 2.75) is 62.6 Å². The van der Waals surface area contributed by atoms with Crippen LogP contribution >= 0.6 is 0 Å². The molecule has 1 aromatic carbocycles. The summed E-state index contributed by atoms with van der Waals surface area (Å²) in [6.45, 7) is 3.84. The molecule has 0 amide bonds. The molecule has 1 spiro atoms. The maximum atomic E-state index is 12.2. The van der Waals surface area contributed by atoms with Crippen molar-refractivity contribution in [2.75, 3.05) is 14.2 Å². The molecule has 9 atom stereocenters. The topological polar surface area (TPSA) is 60.4 Å². The van der Waals surface area contributed by atoms with Crippen LogP contribution in [0.4, 0.5) is 5.69 Å². The predicted molar refractivity (Wildman–Crippen MR) is 107 cm³/mol. The lowest BCUT2D eigenvalue weighted by molar-refractivity contribution is -0.220. The summed E-state index contributed by atoms with van der Waals surface area (Å²) in [5.41, 5.74) is 3.27. The Hall–Kier alpha value is -1.76. The van der Waals surface area contributed by atoms with Gasteiger partial charge >= 0.3 is 5.97 Å². The molecule has 7 rings (SSSR count). The van der Waals surface area contributed by atoms with E-state index in [1.165, 1.54) is 18.2 Å². The lowest BCUT2D eigenvalue weighted by atomic mass is 9.62. The summed E-state index contributed by atoms with van der Waals surface area (Å²) in [5.74, 6) is 0.724. The number of carbonyl (C=O) groups is 1. The molecule has 5 aliphatic heterocycles. The van der Waals surface area contributed by atoms with Crippen LogP contribution < -0.4 is 0 Å². The van der Waals surface area contributed by atoms with Crippen LogP contribution in [-0.4, -0.2) is 61.3 Å². The Morgan fingerprint density at radius 3 is 2.76 bits per heavy atom. The SMILES string of the molecule is COC(OC)[C@@H]1[C@@H]2C[C@H]3C4=Nc5ccccc5[C@]45C[C@@H]([C@H]2[C@H]5OC(C)=O)N3[C@H]1C. The second-order valence-electron chi connectivity index (χ2n) is 9.38. The van der Waals surface area contributed by atoms with E-state index >= 15 is 0 Å². The van der Waals surface area contributed by atoms with Crippen LogP contribution in [0.15, 0.2) is 29.3 Å². The van der Waals surface area contributed by atoms with E-state index < -0.39 is 0 Å². The lowest BCUT2D eigenvalue weighted by Gasteiger charge is -2.61. The first kappa shape index (κ1) is 18.0. The number of esters is 1. The highest BCUT2D eigenvalue weighted by molar-refractivity contribution is 6.08. The Morgan fingerprint density at radius 1 is 1.28 bits per heavy atom. The molecule has 6 nitrogen and oxygen atoms in total. The Morgan fingerprint density at radius 2 is 2.03 bits per heavy atom. The van der Waals surface area contributed by atoms with E-state index in [1.807, 2.05) is 0 Å². The molecule has 0 aromatic heterocycles. The Kier molecular flexibility index (Phi) is 3.67. The zero-order valence-electron chi connectivity index (χ0n) is 17.4. The molecule has 5 bridgehead atoms. The Bertz CT molecular complexity index is 912. The number of hydrogen-bond acceptors (Lipinski definition) is 6. The molecule has 29 heavy (non-hydrogen) atoms. The first-order valence-corrected chi connectivity index (χ1v) is 10.7. The van der Waals surface area contributed by atoms with E-state index in [-0.39, 0.29) is 35.6 Å². The Balaban J connectivity index is 1.54. The third kappa shape index (κ3) is 1.98. The summed E-state index contributed by atoms with van der Waals surface area (Å²) < 4.78 is 17.6. The molecule has 1 aliphatic carbocycles. The van der Waals surface area contributed by atoms with E-state index in [9.17, 15) is 4.79 Å². The van der Waals surface area contributed by atoms with Gasteiger partial charge in [-0.3, -0.25) is 14.7 Å². The fraction of sp³-hybridized carbons (Fsp3) is 0.652. The van der Waals surface area contributed by atoms with Crippen LogP contribution in [0, 0.1) is 17.8 Å².